The van der Waals surface area contributed by atoms with E-state index in [2.05, 4.69) is 28.2 Å². The molecule has 4 atom stereocenters. The second-order valence-electron chi connectivity index (χ2n) is 15.1. The molecule has 0 aliphatic carbocycles. The molecule has 5 amide bonds. The lowest BCUT2D eigenvalue weighted by Crippen LogP contribution is -2.56. The Morgan fingerprint density at radius 1 is 0.902 bits per heavy atom. The van der Waals surface area contributed by atoms with Gasteiger partial charge in [0.05, 0.1) is 6.07 Å². The third kappa shape index (κ3) is 13.0. The van der Waals surface area contributed by atoms with Gasteiger partial charge in [-0.3, -0.25) is 24.0 Å². The lowest BCUT2D eigenvalue weighted by Gasteiger charge is -2.32. The third-order valence-corrected chi connectivity index (χ3v) is 10.5. The number of carbonyl (C=O) groups excluding carboxylic acids is 5. The van der Waals surface area contributed by atoms with E-state index < -0.39 is 53.7 Å². The maximum atomic E-state index is 14.6. The number of fused-ring (bicyclic) bond motifs is 5. The molecule has 4 bridgehead atoms. The van der Waals surface area contributed by atoms with Gasteiger partial charge in [-0.25, -0.2) is 0 Å². The minimum atomic E-state index is -1.36. The van der Waals surface area contributed by atoms with Crippen molar-refractivity contribution in [1.82, 2.24) is 26.2 Å². The Labute approximate surface area is 358 Å². The molecule has 0 spiro atoms. The molecule has 0 saturated carbocycles. The molecule has 3 aromatic carbocycles. The minimum Gasteiger partial charge on any atom is -0.492 e. The van der Waals surface area contributed by atoms with Crippen molar-refractivity contribution in [2.45, 2.75) is 89.9 Å². The highest BCUT2D eigenvalue weighted by molar-refractivity contribution is 6.00. The standard InChI is InChI=1S/C45H61N9O7/c1-5-6-7-8-9-30-10-13-33(28(2)24-30)42(56)52-36(16-17-46)45(59)54(4)40-32-12-15-39(61-23-20-49)35(27-32)34-25-31(11-14-38(34)60-22-19-48)26-37(43(57)50-21-18-47)53-41(55)29(3)51-44(40)58/h10-15,24-25,27,29,36-37,40H,5-9,16-17,19-23,26,46,48-49H2,1-4H3,(H,50,57)(H,51,58)(H,52,56)(H,53,55). The Bertz CT molecular complexity index is 2050. The average Bonchev–Trinajstić information content (AvgIpc) is 3.24. The van der Waals surface area contributed by atoms with Gasteiger partial charge in [-0.15, -0.1) is 0 Å². The van der Waals surface area contributed by atoms with Crippen LogP contribution >= 0.6 is 0 Å². The number of nitrogens with two attached hydrogens (primary N) is 3. The number of unbranched alkanes of at least 4 members (excludes halogenated alkanes) is 3. The van der Waals surface area contributed by atoms with Crippen LogP contribution in [0, 0.1) is 18.3 Å². The van der Waals surface area contributed by atoms with Crippen LogP contribution in [0.4, 0.5) is 0 Å². The number of likely N-dealkylation sites (N-methyl/N-ethyl adjacent to an activating group) is 1. The monoisotopic (exact) mass is 839 g/mol. The topological polar surface area (TPSA) is 257 Å². The van der Waals surface area contributed by atoms with E-state index in [4.69, 9.17) is 31.9 Å². The molecule has 0 aromatic heterocycles. The second kappa shape index (κ2) is 23.7. The van der Waals surface area contributed by atoms with Crippen LogP contribution in [0.15, 0.2) is 54.6 Å². The molecule has 16 heteroatoms. The number of hydrogen-bond donors (Lipinski definition) is 7. The molecule has 3 aromatic rings. The molecule has 0 radical (unpaired) electrons. The maximum Gasteiger partial charge on any atom is 0.252 e. The molecule has 1 aliphatic rings. The van der Waals surface area contributed by atoms with Gasteiger partial charge in [0, 0.05) is 43.2 Å². The van der Waals surface area contributed by atoms with Crippen molar-refractivity contribution < 1.29 is 33.4 Å². The number of amides is 5. The predicted molar refractivity (Wildman–Crippen MR) is 232 cm³/mol. The molecular formula is C45H61N9O7. The lowest BCUT2D eigenvalue weighted by molar-refractivity contribution is -0.141. The molecular weight excluding hydrogens is 779 g/mol. The molecule has 4 rings (SSSR count). The van der Waals surface area contributed by atoms with E-state index in [0.717, 1.165) is 36.8 Å². The highest BCUT2D eigenvalue weighted by Gasteiger charge is 2.36. The zero-order valence-electron chi connectivity index (χ0n) is 35.7. The van der Waals surface area contributed by atoms with E-state index in [1.165, 1.54) is 25.3 Å². The molecule has 61 heavy (non-hydrogen) atoms. The van der Waals surface area contributed by atoms with Gasteiger partial charge in [0.1, 0.15) is 55.4 Å². The fourth-order valence-corrected chi connectivity index (χ4v) is 7.26. The van der Waals surface area contributed by atoms with Gasteiger partial charge in [-0.05, 0) is 92.2 Å². The highest BCUT2D eigenvalue weighted by atomic mass is 16.5. The molecule has 16 nitrogen and oxygen atoms in total. The summed E-state index contributed by atoms with van der Waals surface area (Å²) in [4.78, 5) is 71.0. The molecule has 10 N–H and O–H groups in total. The first-order valence-electron chi connectivity index (χ1n) is 20.9. The third-order valence-electron chi connectivity index (χ3n) is 10.5. The Kier molecular flexibility index (Phi) is 18.5. The summed E-state index contributed by atoms with van der Waals surface area (Å²) in [5.74, 6) is -2.27. The number of carbonyl (C=O) groups is 5. The van der Waals surface area contributed by atoms with Crippen LogP contribution in [-0.2, 0) is 32.0 Å². The summed E-state index contributed by atoms with van der Waals surface area (Å²) in [7, 11) is 1.44. The van der Waals surface area contributed by atoms with Crippen LogP contribution in [-0.4, -0.2) is 99.0 Å². The lowest BCUT2D eigenvalue weighted by atomic mass is 9.93. The van der Waals surface area contributed by atoms with Gasteiger partial charge in [-0.1, -0.05) is 50.5 Å². The molecule has 1 heterocycles. The number of nitriles is 1. The number of rotatable bonds is 19. The summed E-state index contributed by atoms with van der Waals surface area (Å²) >= 11 is 0. The normalized spacial score (nSPS) is 16.8. The van der Waals surface area contributed by atoms with Crippen LogP contribution in [0.2, 0.25) is 0 Å². The summed E-state index contributed by atoms with van der Waals surface area (Å²) in [6, 6.07) is 13.0. The first-order valence-corrected chi connectivity index (χ1v) is 20.9. The molecule has 328 valence electrons. The first-order chi connectivity index (χ1) is 29.4. The molecule has 0 fully saturated rings. The van der Waals surface area contributed by atoms with Crippen LogP contribution in [0.3, 0.4) is 0 Å². The molecule has 4 unspecified atom stereocenters. The summed E-state index contributed by atoms with van der Waals surface area (Å²) in [6.45, 7) is 5.97. The van der Waals surface area contributed by atoms with Crippen molar-refractivity contribution in [3.05, 3.63) is 82.4 Å². The summed E-state index contributed by atoms with van der Waals surface area (Å²) < 4.78 is 12.2. The maximum absolute atomic E-state index is 14.6. The van der Waals surface area contributed by atoms with E-state index in [9.17, 15) is 24.0 Å². The van der Waals surface area contributed by atoms with E-state index in [1.54, 1.807) is 42.5 Å². The van der Waals surface area contributed by atoms with E-state index in [-0.39, 0.29) is 52.2 Å². The average molecular weight is 840 g/mol. The summed E-state index contributed by atoms with van der Waals surface area (Å²) in [5, 5.41) is 19.9. The van der Waals surface area contributed by atoms with Crippen LogP contribution in [0.25, 0.3) is 11.1 Å². The zero-order valence-corrected chi connectivity index (χ0v) is 35.7. The van der Waals surface area contributed by atoms with E-state index in [1.807, 2.05) is 25.1 Å². The molecule has 0 saturated heterocycles. The smallest absolute Gasteiger partial charge is 0.252 e. The predicted octanol–water partition coefficient (Wildman–Crippen LogP) is 2.29. The van der Waals surface area contributed by atoms with Gasteiger partial charge in [0.2, 0.25) is 23.6 Å². The Balaban J connectivity index is 1.81. The Morgan fingerprint density at radius 2 is 1.59 bits per heavy atom. The van der Waals surface area contributed by atoms with Crippen molar-refractivity contribution in [2.75, 3.05) is 46.4 Å². The largest absolute Gasteiger partial charge is 0.492 e. The Hall–Kier alpha value is -6.02. The number of nitrogens with one attached hydrogen (secondary N) is 4. The zero-order chi connectivity index (χ0) is 44.5. The van der Waals surface area contributed by atoms with Crippen LogP contribution in [0.5, 0.6) is 11.5 Å². The van der Waals surface area contributed by atoms with Gasteiger partial charge in [-0.2, -0.15) is 5.26 Å². The van der Waals surface area contributed by atoms with Gasteiger partial charge in [0.15, 0.2) is 0 Å². The van der Waals surface area contributed by atoms with Crippen LogP contribution < -0.4 is 47.9 Å². The van der Waals surface area contributed by atoms with Crippen molar-refractivity contribution in [3.63, 3.8) is 0 Å². The Morgan fingerprint density at radius 3 is 2.23 bits per heavy atom. The van der Waals surface area contributed by atoms with Crippen LogP contribution in [0.1, 0.15) is 84.6 Å². The quantitative estimate of drug-likeness (QED) is 0.0681. The fraction of sp³-hybridized carbons (Fsp3) is 0.467. The summed E-state index contributed by atoms with van der Waals surface area (Å²) in [6.07, 6.45) is 5.48. The van der Waals surface area contributed by atoms with E-state index in [0.29, 0.717) is 39.3 Å². The summed E-state index contributed by atoms with van der Waals surface area (Å²) in [5.41, 5.74) is 21.9. The number of ether oxygens (including phenoxy) is 2. The van der Waals surface area contributed by atoms with Gasteiger partial charge >= 0.3 is 0 Å². The van der Waals surface area contributed by atoms with Gasteiger partial charge in [0.25, 0.3) is 5.91 Å². The first kappa shape index (κ1) is 47.7. The fourth-order valence-electron chi connectivity index (χ4n) is 7.26. The second-order valence-corrected chi connectivity index (χ2v) is 15.1. The number of hydrogen-bond acceptors (Lipinski definition) is 11. The number of aryl methyl sites for hydroxylation is 2. The molecule has 1 aliphatic heterocycles. The van der Waals surface area contributed by atoms with Crippen molar-refractivity contribution in [2.24, 2.45) is 17.2 Å². The highest BCUT2D eigenvalue weighted by Crippen LogP contribution is 2.40. The van der Waals surface area contributed by atoms with Gasteiger partial charge < -0.3 is 52.8 Å². The minimum absolute atomic E-state index is 0.0172. The van der Waals surface area contributed by atoms with Crippen molar-refractivity contribution >= 4 is 29.5 Å². The number of benzene rings is 3. The van der Waals surface area contributed by atoms with E-state index >= 15 is 0 Å². The van der Waals surface area contributed by atoms with Crippen molar-refractivity contribution in [3.8, 4) is 28.7 Å². The van der Waals surface area contributed by atoms with Crippen molar-refractivity contribution in [1.29, 1.82) is 5.26 Å². The SMILES string of the molecule is CCCCCCc1ccc(C(=O)NC(CCN)C(=O)N(C)C2C(=O)NC(C)C(=O)NC(C(=O)NCC#N)Cc3ccc(OCCN)c(c3)-c3cc2ccc3OCCN)c(C)c1. The number of nitrogens with zero attached hydrogens (tertiary/aromatic N) is 2.